The summed E-state index contributed by atoms with van der Waals surface area (Å²) in [5.41, 5.74) is 0.348. The highest BCUT2D eigenvalue weighted by molar-refractivity contribution is 5.82. The fourth-order valence-corrected chi connectivity index (χ4v) is 2.73. The molecule has 0 aliphatic carbocycles. The van der Waals surface area contributed by atoms with E-state index in [9.17, 15) is 4.79 Å². The molecule has 1 unspecified atom stereocenters. The Morgan fingerprint density at radius 2 is 1.68 bits per heavy atom. The first kappa shape index (κ1) is 15.7. The number of carbonyl (C=O) groups is 1. The maximum atomic E-state index is 12.6. The first-order valence-electron chi connectivity index (χ1n) is 7.15. The molecule has 1 rings (SSSR count). The van der Waals surface area contributed by atoms with Crippen molar-refractivity contribution < 1.29 is 9.53 Å². The Labute approximate surface area is 116 Å². The van der Waals surface area contributed by atoms with Crippen LogP contribution < -0.4 is 0 Å². The normalized spacial score (nSPS) is 14.2. The van der Waals surface area contributed by atoms with Gasteiger partial charge in [-0.2, -0.15) is 0 Å². The Hall–Kier alpha value is -1.35. The third kappa shape index (κ3) is 2.98. The largest absolute Gasteiger partial charge is 0.464 e. The molecule has 0 bridgehead atoms. The van der Waals surface area contributed by atoms with Crippen LogP contribution in [0.5, 0.6) is 0 Å². The van der Waals surface area contributed by atoms with Crippen LogP contribution in [0.25, 0.3) is 0 Å². The van der Waals surface area contributed by atoms with Crippen molar-refractivity contribution >= 4 is 5.97 Å². The predicted molar refractivity (Wildman–Crippen MR) is 78.0 cm³/mol. The fraction of sp³-hybridized carbons (Fsp3) is 0.562. The van der Waals surface area contributed by atoms with Gasteiger partial charge in [-0.3, -0.25) is 4.90 Å². The molecule has 106 valence electrons. The van der Waals surface area contributed by atoms with Gasteiger partial charge in [0.15, 0.2) is 0 Å². The van der Waals surface area contributed by atoms with Crippen molar-refractivity contribution in [3.63, 3.8) is 0 Å². The van der Waals surface area contributed by atoms with Crippen molar-refractivity contribution in [3.8, 4) is 0 Å². The number of hydrogen-bond donors (Lipinski definition) is 0. The Bertz CT molecular complexity index is 387. The van der Waals surface area contributed by atoms with Crippen molar-refractivity contribution in [2.24, 2.45) is 0 Å². The van der Waals surface area contributed by atoms with Gasteiger partial charge in [-0.25, -0.2) is 4.79 Å². The Morgan fingerprint density at radius 1 is 1.11 bits per heavy atom. The molecule has 1 aromatic rings. The Kier molecular flexibility index (Phi) is 6.03. The van der Waals surface area contributed by atoms with Gasteiger partial charge in [0.05, 0.1) is 6.61 Å². The van der Waals surface area contributed by atoms with Crippen molar-refractivity contribution in [2.75, 3.05) is 19.7 Å². The van der Waals surface area contributed by atoms with E-state index in [2.05, 4.69) is 18.7 Å². The number of esters is 1. The van der Waals surface area contributed by atoms with Crippen LogP contribution in [0.3, 0.4) is 0 Å². The lowest BCUT2D eigenvalue weighted by Crippen LogP contribution is -2.52. The molecular formula is C16H25NO2. The zero-order chi connectivity index (χ0) is 14.3. The molecule has 0 aliphatic heterocycles. The molecule has 0 N–H and O–H groups in total. The molecule has 0 heterocycles. The molecule has 0 radical (unpaired) electrons. The SMILES string of the molecule is CCOC(=O)C(CC)(c1ccccc1)N(CC)CC. The van der Waals surface area contributed by atoms with Crippen LogP contribution in [0.4, 0.5) is 0 Å². The molecule has 0 fully saturated rings. The van der Waals surface area contributed by atoms with Gasteiger partial charge in [-0.15, -0.1) is 0 Å². The van der Waals surface area contributed by atoms with E-state index in [-0.39, 0.29) is 5.97 Å². The Morgan fingerprint density at radius 3 is 2.11 bits per heavy atom. The quantitative estimate of drug-likeness (QED) is 0.708. The summed E-state index contributed by atoms with van der Waals surface area (Å²) in [5, 5.41) is 0. The number of likely N-dealkylation sites (N-methyl/N-ethyl adjacent to an activating group) is 1. The number of rotatable bonds is 7. The lowest BCUT2D eigenvalue weighted by Gasteiger charge is -2.40. The molecule has 19 heavy (non-hydrogen) atoms. The lowest BCUT2D eigenvalue weighted by atomic mass is 9.85. The maximum Gasteiger partial charge on any atom is 0.331 e. The van der Waals surface area contributed by atoms with E-state index in [1.807, 2.05) is 44.2 Å². The molecule has 0 saturated heterocycles. The minimum Gasteiger partial charge on any atom is -0.464 e. The minimum absolute atomic E-state index is 0.146. The summed E-state index contributed by atoms with van der Waals surface area (Å²) in [5.74, 6) is -0.146. The second-order valence-electron chi connectivity index (χ2n) is 4.47. The van der Waals surface area contributed by atoms with E-state index in [4.69, 9.17) is 4.74 Å². The van der Waals surface area contributed by atoms with E-state index >= 15 is 0 Å². The second kappa shape index (κ2) is 7.29. The van der Waals surface area contributed by atoms with Crippen LogP contribution >= 0.6 is 0 Å². The Balaban J connectivity index is 3.32. The molecule has 0 saturated carbocycles. The molecule has 0 spiro atoms. The molecular weight excluding hydrogens is 238 g/mol. The number of ether oxygens (including phenoxy) is 1. The highest BCUT2D eigenvalue weighted by atomic mass is 16.5. The van der Waals surface area contributed by atoms with Gasteiger partial charge in [0.1, 0.15) is 5.54 Å². The highest BCUT2D eigenvalue weighted by Gasteiger charge is 2.44. The third-order valence-electron chi connectivity index (χ3n) is 3.68. The van der Waals surface area contributed by atoms with Crippen LogP contribution in [-0.2, 0) is 15.1 Å². The lowest BCUT2D eigenvalue weighted by molar-refractivity contribution is -0.159. The summed E-state index contributed by atoms with van der Waals surface area (Å²) in [6.45, 7) is 10.1. The standard InChI is InChI=1S/C16H25NO2/c1-5-16(15(18)19-8-4,17(6-2)7-3)14-12-10-9-11-13-14/h9-13H,5-8H2,1-4H3. The second-order valence-corrected chi connectivity index (χ2v) is 4.47. The summed E-state index contributed by atoms with van der Waals surface area (Å²) in [6, 6.07) is 9.94. The first-order valence-corrected chi connectivity index (χ1v) is 7.15. The molecule has 0 amide bonds. The van der Waals surface area contributed by atoms with Gasteiger partial charge in [0.25, 0.3) is 0 Å². The van der Waals surface area contributed by atoms with E-state index in [0.29, 0.717) is 13.0 Å². The van der Waals surface area contributed by atoms with E-state index in [1.54, 1.807) is 0 Å². The predicted octanol–water partition coefficient (Wildman–Crippen LogP) is 3.20. The minimum atomic E-state index is -0.666. The van der Waals surface area contributed by atoms with E-state index < -0.39 is 5.54 Å². The van der Waals surface area contributed by atoms with Crippen LogP contribution in [0.1, 0.15) is 39.7 Å². The highest BCUT2D eigenvalue weighted by Crippen LogP contribution is 2.33. The van der Waals surface area contributed by atoms with Gasteiger partial charge in [0.2, 0.25) is 0 Å². The number of benzene rings is 1. The van der Waals surface area contributed by atoms with Crippen molar-refractivity contribution in [1.82, 2.24) is 4.90 Å². The third-order valence-corrected chi connectivity index (χ3v) is 3.68. The van der Waals surface area contributed by atoms with E-state index in [0.717, 1.165) is 18.7 Å². The van der Waals surface area contributed by atoms with Crippen molar-refractivity contribution in [3.05, 3.63) is 35.9 Å². The molecule has 1 atom stereocenters. The smallest absolute Gasteiger partial charge is 0.331 e. The van der Waals surface area contributed by atoms with Gasteiger partial charge in [-0.05, 0) is 32.0 Å². The topological polar surface area (TPSA) is 29.5 Å². The number of hydrogen-bond acceptors (Lipinski definition) is 3. The number of carbonyl (C=O) groups excluding carboxylic acids is 1. The first-order chi connectivity index (χ1) is 9.17. The average molecular weight is 263 g/mol. The summed E-state index contributed by atoms with van der Waals surface area (Å²) in [7, 11) is 0. The molecule has 0 aliphatic rings. The van der Waals surface area contributed by atoms with Crippen LogP contribution in [0.2, 0.25) is 0 Å². The zero-order valence-electron chi connectivity index (χ0n) is 12.5. The van der Waals surface area contributed by atoms with E-state index in [1.165, 1.54) is 0 Å². The van der Waals surface area contributed by atoms with Gasteiger partial charge < -0.3 is 4.74 Å². The zero-order valence-corrected chi connectivity index (χ0v) is 12.5. The molecule has 0 aromatic heterocycles. The molecule has 3 nitrogen and oxygen atoms in total. The monoisotopic (exact) mass is 263 g/mol. The van der Waals surface area contributed by atoms with Gasteiger partial charge in [0, 0.05) is 0 Å². The van der Waals surface area contributed by atoms with Crippen LogP contribution in [-0.4, -0.2) is 30.6 Å². The van der Waals surface area contributed by atoms with Crippen LogP contribution in [0, 0.1) is 0 Å². The van der Waals surface area contributed by atoms with Crippen molar-refractivity contribution in [1.29, 1.82) is 0 Å². The molecule has 3 heteroatoms. The fourth-order valence-electron chi connectivity index (χ4n) is 2.73. The maximum absolute atomic E-state index is 12.6. The molecule has 1 aromatic carbocycles. The number of nitrogens with zero attached hydrogens (tertiary/aromatic N) is 1. The van der Waals surface area contributed by atoms with Crippen molar-refractivity contribution in [2.45, 2.75) is 39.7 Å². The van der Waals surface area contributed by atoms with Gasteiger partial charge in [-0.1, -0.05) is 51.1 Å². The summed E-state index contributed by atoms with van der Waals surface area (Å²) in [6.07, 6.45) is 0.706. The van der Waals surface area contributed by atoms with Gasteiger partial charge >= 0.3 is 5.97 Å². The average Bonchev–Trinajstić information content (AvgIpc) is 2.46. The van der Waals surface area contributed by atoms with Crippen LogP contribution in [0.15, 0.2) is 30.3 Å². The summed E-state index contributed by atoms with van der Waals surface area (Å²) < 4.78 is 5.36. The summed E-state index contributed by atoms with van der Waals surface area (Å²) in [4.78, 5) is 14.8. The summed E-state index contributed by atoms with van der Waals surface area (Å²) >= 11 is 0.